The SMILES string of the molecule is CNC(=O)C(CC(C)CC1Nc2ccccc2O1)N(C)C. The number of nitrogens with zero attached hydrogens (tertiary/aromatic N) is 1. The third kappa shape index (κ3) is 3.88. The van der Waals surface area contributed by atoms with Crippen LogP contribution in [0.3, 0.4) is 0 Å². The predicted octanol–water partition coefficient (Wildman–Crippen LogP) is 1.91. The number of rotatable bonds is 6. The lowest BCUT2D eigenvalue weighted by Gasteiger charge is -2.26. The van der Waals surface area contributed by atoms with Crippen LogP contribution < -0.4 is 15.4 Å². The van der Waals surface area contributed by atoms with Crippen LogP contribution in [0, 0.1) is 5.92 Å². The van der Waals surface area contributed by atoms with Crippen molar-refractivity contribution in [3.8, 4) is 5.75 Å². The van der Waals surface area contributed by atoms with Crippen molar-refractivity contribution in [2.24, 2.45) is 5.92 Å². The van der Waals surface area contributed by atoms with E-state index in [2.05, 4.69) is 17.6 Å². The highest BCUT2D eigenvalue weighted by Crippen LogP contribution is 2.33. The molecule has 2 N–H and O–H groups in total. The maximum absolute atomic E-state index is 11.9. The van der Waals surface area contributed by atoms with Crippen LogP contribution in [-0.4, -0.2) is 44.2 Å². The van der Waals surface area contributed by atoms with Crippen LogP contribution in [0.1, 0.15) is 19.8 Å². The summed E-state index contributed by atoms with van der Waals surface area (Å²) in [5.41, 5.74) is 1.05. The topological polar surface area (TPSA) is 53.6 Å². The van der Waals surface area contributed by atoms with Gasteiger partial charge in [-0.2, -0.15) is 0 Å². The van der Waals surface area contributed by atoms with Crippen molar-refractivity contribution in [2.75, 3.05) is 26.5 Å². The van der Waals surface area contributed by atoms with Gasteiger partial charge in [0.1, 0.15) is 5.75 Å². The molecular formula is C16H25N3O2. The molecule has 1 aliphatic rings. The minimum atomic E-state index is -0.103. The van der Waals surface area contributed by atoms with Crippen LogP contribution in [-0.2, 0) is 4.79 Å². The second-order valence-electron chi connectivity index (χ2n) is 5.92. The predicted molar refractivity (Wildman–Crippen MR) is 84.4 cm³/mol. The maximum atomic E-state index is 11.9. The number of nitrogens with one attached hydrogen (secondary N) is 2. The molecule has 5 heteroatoms. The van der Waals surface area contributed by atoms with E-state index in [9.17, 15) is 4.79 Å². The zero-order valence-electron chi connectivity index (χ0n) is 13.2. The Kier molecular flexibility index (Phi) is 5.07. The summed E-state index contributed by atoms with van der Waals surface area (Å²) < 4.78 is 5.88. The molecule has 0 fully saturated rings. The molecule has 3 atom stereocenters. The largest absolute Gasteiger partial charge is 0.469 e. The zero-order chi connectivity index (χ0) is 15.4. The molecule has 1 aromatic rings. The molecule has 0 aromatic heterocycles. The highest BCUT2D eigenvalue weighted by atomic mass is 16.5. The van der Waals surface area contributed by atoms with Gasteiger partial charge in [-0.3, -0.25) is 9.69 Å². The zero-order valence-corrected chi connectivity index (χ0v) is 13.2. The van der Waals surface area contributed by atoms with Gasteiger partial charge in [-0.25, -0.2) is 0 Å². The summed E-state index contributed by atoms with van der Waals surface area (Å²) in [6, 6.07) is 7.86. The van der Waals surface area contributed by atoms with Crippen LogP contribution in [0.5, 0.6) is 5.75 Å². The molecule has 0 bridgehead atoms. The van der Waals surface area contributed by atoms with E-state index in [4.69, 9.17) is 4.74 Å². The summed E-state index contributed by atoms with van der Waals surface area (Å²) in [4.78, 5) is 13.9. The van der Waals surface area contributed by atoms with Gasteiger partial charge in [-0.1, -0.05) is 19.1 Å². The van der Waals surface area contributed by atoms with Gasteiger partial charge in [0.25, 0.3) is 0 Å². The second kappa shape index (κ2) is 6.80. The number of ether oxygens (including phenoxy) is 1. The first kappa shape index (κ1) is 15.6. The first-order valence-electron chi connectivity index (χ1n) is 7.41. The third-order valence-corrected chi connectivity index (χ3v) is 3.89. The molecule has 0 saturated carbocycles. The van der Waals surface area contributed by atoms with E-state index in [0.29, 0.717) is 5.92 Å². The Balaban J connectivity index is 1.88. The maximum Gasteiger partial charge on any atom is 0.237 e. The fourth-order valence-electron chi connectivity index (χ4n) is 2.71. The highest BCUT2D eigenvalue weighted by Gasteiger charge is 2.27. The van der Waals surface area contributed by atoms with Crippen molar-refractivity contribution >= 4 is 11.6 Å². The minimum Gasteiger partial charge on any atom is -0.469 e. The summed E-state index contributed by atoms with van der Waals surface area (Å²) in [5.74, 6) is 1.35. The first-order valence-corrected chi connectivity index (χ1v) is 7.41. The number of carbonyl (C=O) groups excluding carboxylic acids is 1. The van der Waals surface area contributed by atoms with Crippen molar-refractivity contribution in [1.82, 2.24) is 10.2 Å². The van der Waals surface area contributed by atoms with Gasteiger partial charge in [-0.15, -0.1) is 0 Å². The number of para-hydroxylation sites is 2. The van der Waals surface area contributed by atoms with Gasteiger partial charge in [0.05, 0.1) is 11.7 Å². The molecule has 3 unspecified atom stereocenters. The Morgan fingerprint density at radius 3 is 2.76 bits per heavy atom. The minimum absolute atomic E-state index is 0.00935. The quantitative estimate of drug-likeness (QED) is 0.840. The molecule has 0 spiro atoms. The smallest absolute Gasteiger partial charge is 0.237 e. The summed E-state index contributed by atoms with van der Waals surface area (Å²) in [6.07, 6.45) is 1.67. The third-order valence-electron chi connectivity index (χ3n) is 3.89. The van der Waals surface area contributed by atoms with Crippen molar-refractivity contribution in [1.29, 1.82) is 0 Å². The van der Waals surface area contributed by atoms with Crippen molar-refractivity contribution in [3.05, 3.63) is 24.3 Å². The molecule has 1 aromatic carbocycles. The molecule has 0 radical (unpaired) electrons. The van der Waals surface area contributed by atoms with Gasteiger partial charge in [-0.05, 0) is 38.6 Å². The molecule has 2 rings (SSSR count). The monoisotopic (exact) mass is 291 g/mol. The number of hydrogen-bond acceptors (Lipinski definition) is 4. The molecule has 1 heterocycles. The van der Waals surface area contributed by atoms with Gasteiger partial charge in [0, 0.05) is 13.5 Å². The Morgan fingerprint density at radius 2 is 2.14 bits per heavy atom. The second-order valence-corrected chi connectivity index (χ2v) is 5.92. The summed E-state index contributed by atoms with van der Waals surface area (Å²) in [5, 5.41) is 6.11. The van der Waals surface area contributed by atoms with E-state index < -0.39 is 0 Å². The van der Waals surface area contributed by atoms with E-state index in [1.807, 2.05) is 43.3 Å². The molecule has 0 aliphatic carbocycles. The summed E-state index contributed by atoms with van der Waals surface area (Å²) in [6.45, 7) is 2.16. The van der Waals surface area contributed by atoms with Crippen LogP contribution in [0.15, 0.2) is 24.3 Å². The normalized spacial score (nSPS) is 19.4. The molecule has 1 aliphatic heterocycles. The lowest BCUT2D eigenvalue weighted by Crippen LogP contribution is -2.43. The van der Waals surface area contributed by atoms with Crippen LogP contribution in [0.25, 0.3) is 0 Å². The highest BCUT2D eigenvalue weighted by molar-refractivity contribution is 5.81. The Hall–Kier alpha value is -1.75. The lowest BCUT2D eigenvalue weighted by molar-refractivity contribution is -0.125. The van der Waals surface area contributed by atoms with Gasteiger partial charge in [0.15, 0.2) is 6.23 Å². The Morgan fingerprint density at radius 1 is 1.43 bits per heavy atom. The van der Waals surface area contributed by atoms with Crippen molar-refractivity contribution in [2.45, 2.75) is 32.0 Å². The Bertz CT molecular complexity index is 465. The van der Waals surface area contributed by atoms with Crippen LogP contribution in [0.4, 0.5) is 5.69 Å². The molecular weight excluding hydrogens is 266 g/mol. The summed E-state index contributed by atoms with van der Waals surface area (Å²) in [7, 11) is 5.56. The van der Waals surface area contributed by atoms with E-state index in [1.165, 1.54) is 0 Å². The fourth-order valence-corrected chi connectivity index (χ4v) is 2.71. The van der Waals surface area contributed by atoms with Gasteiger partial charge in [0.2, 0.25) is 5.91 Å². The van der Waals surface area contributed by atoms with E-state index in [1.54, 1.807) is 7.05 Å². The molecule has 21 heavy (non-hydrogen) atoms. The lowest BCUT2D eigenvalue weighted by atomic mass is 9.96. The number of hydrogen-bond donors (Lipinski definition) is 2. The van der Waals surface area contributed by atoms with Crippen molar-refractivity contribution in [3.63, 3.8) is 0 Å². The number of amides is 1. The van der Waals surface area contributed by atoms with Crippen LogP contribution in [0.2, 0.25) is 0 Å². The van der Waals surface area contributed by atoms with E-state index >= 15 is 0 Å². The van der Waals surface area contributed by atoms with E-state index in [-0.39, 0.29) is 18.2 Å². The number of fused-ring (bicyclic) bond motifs is 1. The molecule has 5 nitrogen and oxygen atoms in total. The number of benzene rings is 1. The molecule has 0 saturated heterocycles. The van der Waals surface area contributed by atoms with Crippen LogP contribution >= 0.6 is 0 Å². The first-order chi connectivity index (χ1) is 10.0. The number of likely N-dealkylation sites (N-methyl/N-ethyl adjacent to an activating group) is 2. The average Bonchev–Trinajstić information content (AvgIpc) is 2.85. The molecule has 116 valence electrons. The van der Waals surface area contributed by atoms with Gasteiger partial charge < -0.3 is 15.4 Å². The standard InChI is InChI=1S/C16H25N3O2/c1-11(9-13(19(3)4)16(20)17-2)10-15-18-12-7-5-6-8-14(12)21-15/h5-8,11,13,15,18H,9-10H2,1-4H3,(H,17,20). The van der Waals surface area contributed by atoms with Gasteiger partial charge >= 0.3 is 0 Å². The number of anilines is 1. The number of carbonyl (C=O) groups is 1. The molecule has 1 amide bonds. The average molecular weight is 291 g/mol. The van der Waals surface area contributed by atoms with Crippen molar-refractivity contribution < 1.29 is 9.53 Å². The van der Waals surface area contributed by atoms with E-state index in [0.717, 1.165) is 24.3 Å². The summed E-state index contributed by atoms with van der Waals surface area (Å²) >= 11 is 0. The fraction of sp³-hybridized carbons (Fsp3) is 0.562. The Labute approximate surface area is 126 Å².